The van der Waals surface area contributed by atoms with E-state index in [1.165, 1.54) is 0 Å². The zero-order chi connectivity index (χ0) is 13.0. The SMILES string of the molecule is CCCc1nc(Cl)cc(Nc2ccccc2Br)n1. The third-order valence-corrected chi connectivity index (χ3v) is 3.24. The predicted octanol–water partition coefficient (Wildman–Crippen LogP) is 4.59. The molecule has 3 nitrogen and oxygen atoms in total. The van der Waals surface area contributed by atoms with E-state index in [1.54, 1.807) is 6.07 Å². The number of anilines is 2. The van der Waals surface area contributed by atoms with Gasteiger partial charge in [-0.15, -0.1) is 0 Å². The molecule has 1 heterocycles. The van der Waals surface area contributed by atoms with E-state index in [-0.39, 0.29) is 0 Å². The molecule has 2 rings (SSSR count). The highest BCUT2D eigenvalue weighted by Crippen LogP contribution is 2.25. The molecule has 0 unspecified atom stereocenters. The van der Waals surface area contributed by atoms with Crippen molar-refractivity contribution in [2.75, 3.05) is 5.32 Å². The van der Waals surface area contributed by atoms with Crippen LogP contribution in [0.3, 0.4) is 0 Å². The monoisotopic (exact) mass is 325 g/mol. The Hall–Kier alpha value is -1.13. The van der Waals surface area contributed by atoms with Gasteiger partial charge >= 0.3 is 0 Å². The van der Waals surface area contributed by atoms with Gasteiger partial charge in [0.25, 0.3) is 0 Å². The molecule has 1 N–H and O–H groups in total. The maximum atomic E-state index is 5.99. The van der Waals surface area contributed by atoms with E-state index >= 15 is 0 Å². The van der Waals surface area contributed by atoms with Gasteiger partial charge in [-0.2, -0.15) is 0 Å². The second-order valence-corrected chi connectivity index (χ2v) is 5.09. The van der Waals surface area contributed by atoms with Crippen LogP contribution >= 0.6 is 27.5 Å². The van der Waals surface area contributed by atoms with Gasteiger partial charge in [0, 0.05) is 17.0 Å². The van der Waals surface area contributed by atoms with Crippen molar-refractivity contribution in [3.8, 4) is 0 Å². The van der Waals surface area contributed by atoms with Crippen molar-refractivity contribution in [2.45, 2.75) is 19.8 Å². The van der Waals surface area contributed by atoms with Crippen molar-refractivity contribution >= 4 is 39.0 Å². The highest BCUT2D eigenvalue weighted by molar-refractivity contribution is 9.10. The fourth-order valence-electron chi connectivity index (χ4n) is 1.56. The quantitative estimate of drug-likeness (QED) is 0.835. The van der Waals surface area contributed by atoms with Crippen LogP contribution in [0.1, 0.15) is 19.2 Å². The number of hydrogen-bond acceptors (Lipinski definition) is 3. The summed E-state index contributed by atoms with van der Waals surface area (Å²) >= 11 is 9.47. The Balaban J connectivity index is 2.26. The van der Waals surface area contributed by atoms with E-state index in [1.807, 2.05) is 24.3 Å². The lowest BCUT2D eigenvalue weighted by Crippen LogP contribution is -2.00. The zero-order valence-electron chi connectivity index (χ0n) is 9.95. The summed E-state index contributed by atoms with van der Waals surface area (Å²) in [7, 11) is 0. The van der Waals surface area contributed by atoms with Gasteiger partial charge < -0.3 is 5.32 Å². The molecule has 1 aromatic carbocycles. The molecule has 0 amide bonds. The Morgan fingerprint density at radius 2 is 2.06 bits per heavy atom. The van der Waals surface area contributed by atoms with Crippen molar-refractivity contribution in [2.24, 2.45) is 0 Å². The number of rotatable bonds is 4. The van der Waals surface area contributed by atoms with E-state index < -0.39 is 0 Å². The van der Waals surface area contributed by atoms with Crippen LogP contribution in [0.25, 0.3) is 0 Å². The topological polar surface area (TPSA) is 37.8 Å². The van der Waals surface area contributed by atoms with E-state index in [4.69, 9.17) is 11.6 Å². The lowest BCUT2D eigenvalue weighted by molar-refractivity contribution is 0.837. The fraction of sp³-hybridized carbons (Fsp3) is 0.231. The summed E-state index contributed by atoms with van der Waals surface area (Å²) in [5.41, 5.74) is 0.953. The van der Waals surface area contributed by atoms with E-state index in [0.29, 0.717) is 11.0 Å². The maximum absolute atomic E-state index is 5.99. The maximum Gasteiger partial charge on any atom is 0.135 e. The van der Waals surface area contributed by atoms with Crippen molar-refractivity contribution in [3.05, 3.63) is 45.8 Å². The third kappa shape index (κ3) is 3.43. The minimum absolute atomic E-state index is 0.461. The molecule has 0 bridgehead atoms. The van der Waals surface area contributed by atoms with Crippen molar-refractivity contribution in [1.82, 2.24) is 9.97 Å². The van der Waals surface area contributed by atoms with Crippen molar-refractivity contribution in [3.63, 3.8) is 0 Å². The molecular formula is C13H13BrClN3. The van der Waals surface area contributed by atoms with Gasteiger partial charge in [0.05, 0.1) is 5.69 Å². The minimum atomic E-state index is 0.461. The fourth-order valence-corrected chi connectivity index (χ4v) is 2.15. The Labute approximate surface area is 120 Å². The zero-order valence-corrected chi connectivity index (χ0v) is 12.3. The molecule has 0 saturated heterocycles. The second kappa shape index (κ2) is 6.16. The van der Waals surface area contributed by atoms with Crippen LogP contribution in [-0.4, -0.2) is 9.97 Å². The lowest BCUT2D eigenvalue weighted by Gasteiger charge is -2.09. The molecule has 0 aliphatic carbocycles. The average molecular weight is 327 g/mol. The first-order valence-corrected chi connectivity index (χ1v) is 6.91. The molecule has 0 saturated carbocycles. The van der Waals surface area contributed by atoms with Gasteiger partial charge in [0.2, 0.25) is 0 Å². The number of para-hydroxylation sites is 1. The Bertz CT molecular complexity index is 546. The molecular weight excluding hydrogens is 314 g/mol. The molecule has 18 heavy (non-hydrogen) atoms. The van der Waals surface area contributed by atoms with Gasteiger partial charge in [0.1, 0.15) is 16.8 Å². The highest BCUT2D eigenvalue weighted by Gasteiger charge is 2.04. The first-order valence-electron chi connectivity index (χ1n) is 5.74. The molecule has 1 aromatic heterocycles. The van der Waals surface area contributed by atoms with Gasteiger partial charge in [-0.25, -0.2) is 9.97 Å². The summed E-state index contributed by atoms with van der Waals surface area (Å²) in [5, 5.41) is 3.69. The Kier molecular flexibility index (Phi) is 4.55. The van der Waals surface area contributed by atoms with Gasteiger partial charge in [-0.1, -0.05) is 30.7 Å². The molecule has 5 heteroatoms. The van der Waals surface area contributed by atoms with Crippen molar-refractivity contribution in [1.29, 1.82) is 0 Å². The van der Waals surface area contributed by atoms with Crippen molar-refractivity contribution < 1.29 is 0 Å². The summed E-state index contributed by atoms with van der Waals surface area (Å²) in [6.07, 6.45) is 1.82. The number of aromatic nitrogens is 2. The van der Waals surface area contributed by atoms with E-state index in [9.17, 15) is 0 Å². The first-order chi connectivity index (χ1) is 8.69. The summed E-state index contributed by atoms with van der Waals surface area (Å²) in [4.78, 5) is 8.62. The molecule has 0 spiro atoms. The first kappa shape index (κ1) is 13.3. The van der Waals surface area contributed by atoms with Crippen LogP contribution < -0.4 is 5.32 Å². The number of benzene rings is 1. The molecule has 0 radical (unpaired) electrons. The summed E-state index contributed by atoms with van der Waals surface area (Å²) in [6.45, 7) is 2.09. The second-order valence-electron chi connectivity index (χ2n) is 3.85. The largest absolute Gasteiger partial charge is 0.339 e. The molecule has 0 aliphatic rings. The van der Waals surface area contributed by atoms with Crippen LogP contribution in [0.4, 0.5) is 11.5 Å². The van der Waals surface area contributed by atoms with Gasteiger partial charge in [-0.05, 0) is 34.5 Å². The smallest absolute Gasteiger partial charge is 0.135 e. The van der Waals surface area contributed by atoms with Gasteiger partial charge in [-0.3, -0.25) is 0 Å². The number of aryl methyl sites for hydroxylation is 1. The predicted molar refractivity (Wildman–Crippen MR) is 78.5 cm³/mol. The van der Waals surface area contributed by atoms with E-state index in [2.05, 4.69) is 38.1 Å². The molecule has 94 valence electrons. The highest BCUT2D eigenvalue weighted by atomic mass is 79.9. The molecule has 0 atom stereocenters. The van der Waals surface area contributed by atoms with Crippen LogP contribution in [-0.2, 0) is 6.42 Å². The van der Waals surface area contributed by atoms with Crippen LogP contribution in [0, 0.1) is 0 Å². The standard InChI is InChI=1S/C13H13BrClN3/c1-2-5-12-17-11(15)8-13(18-12)16-10-7-4-3-6-9(10)14/h3-4,6-8H,2,5H2,1H3,(H,16,17,18). The number of hydrogen-bond donors (Lipinski definition) is 1. The average Bonchev–Trinajstić information content (AvgIpc) is 2.32. The minimum Gasteiger partial charge on any atom is -0.339 e. The summed E-state index contributed by atoms with van der Waals surface area (Å²) < 4.78 is 0.983. The molecule has 0 fully saturated rings. The summed E-state index contributed by atoms with van der Waals surface area (Å²) in [6, 6.07) is 9.59. The van der Waals surface area contributed by atoms with Crippen LogP contribution in [0.15, 0.2) is 34.8 Å². The molecule has 0 aliphatic heterocycles. The van der Waals surface area contributed by atoms with Crippen LogP contribution in [0.5, 0.6) is 0 Å². The normalized spacial score (nSPS) is 10.4. The third-order valence-electron chi connectivity index (χ3n) is 2.35. The van der Waals surface area contributed by atoms with E-state index in [0.717, 1.165) is 28.8 Å². The number of nitrogens with one attached hydrogen (secondary N) is 1. The summed E-state index contributed by atoms with van der Waals surface area (Å²) in [5.74, 6) is 1.48. The van der Waals surface area contributed by atoms with Gasteiger partial charge in [0.15, 0.2) is 0 Å². The Morgan fingerprint density at radius 1 is 1.28 bits per heavy atom. The number of nitrogens with zero attached hydrogens (tertiary/aromatic N) is 2. The molecule has 2 aromatic rings. The lowest BCUT2D eigenvalue weighted by atomic mass is 10.3. The Morgan fingerprint density at radius 3 is 2.78 bits per heavy atom. The van der Waals surface area contributed by atoms with Crippen LogP contribution in [0.2, 0.25) is 5.15 Å². The number of halogens is 2.